The molecule has 184 valence electrons. The fourth-order valence-electron chi connectivity index (χ4n) is 3.34. The predicted octanol–water partition coefficient (Wildman–Crippen LogP) is 7.09. The summed E-state index contributed by atoms with van der Waals surface area (Å²) in [5.41, 5.74) is 11.3. The van der Waals surface area contributed by atoms with Gasteiger partial charge in [-0.1, -0.05) is 43.7 Å². The van der Waals surface area contributed by atoms with Gasteiger partial charge in [-0.2, -0.15) is 0 Å². The van der Waals surface area contributed by atoms with Crippen LogP contribution in [0.2, 0.25) is 0 Å². The zero-order valence-electron chi connectivity index (χ0n) is 20.3. The first-order chi connectivity index (χ1) is 16.2. The summed E-state index contributed by atoms with van der Waals surface area (Å²) in [6, 6.07) is 13.9. The number of ether oxygens (including phenoxy) is 2. The summed E-state index contributed by atoms with van der Waals surface area (Å²) in [5.74, 6) is -0.0166. The minimum atomic E-state index is -0.612. The Morgan fingerprint density at radius 1 is 1.00 bits per heavy atom. The Labute approximate surface area is 209 Å². The molecule has 0 atom stereocenters. The fourth-order valence-corrected chi connectivity index (χ4v) is 3.80. The molecule has 0 bridgehead atoms. The van der Waals surface area contributed by atoms with Gasteiger partial charge < -0.3 is 20.5 Å². The Kier molecular flexibility index (Phi) is 10.8. The molecule has 0 saturated heterocycles. The minimum Gasteiger partial charge on any atom is -0.494 e. The van der Waals surface area contributed by atoms with Crippen molar-refractivity contribution in [3.8, 4) is 5.75 Å². The molecule has 0 spiro atoms. The number of nitrogen functional groups attached to an aromatic ring is 1. The molecule has 3 N–H and O–H groups in total. The highest BCUT2D eigenvalue weighted by Crippen LogP contribution is 2.40. The van der Waals surface area contributed by atoms with Gasteiger partial charge in [0.25, 0.3) is 0 Å². The van der Waals surface area contributed by atoms with E-state index in [2.05, 4.69) is 66.3 Å². The molecule has 0 radical (unpaired) electrons. The van der Waals surface area contributed by atoms with Crippen molar-refractivity contribution in [3.05, 3.63) is 86.9 Å². The van der Waals surface area contributed by atoms with Crippen LogP contribution in [0.3, 0.4) is 0 Å². The van der Waals surface area contributed by atoms with Crippen molar-refractivity contribution < 1.29 is 18.3 Å². The zero-order chi connectivity index (χ0) is 25.3. The average molecular weight is 535 g/mol. The number of methoxy groups -OCH3 is 2. The molecule has 0 saturated carbocycles. The van der Waals surface area contributed by atoms with Crippen molar-refractivity contribution in [2.45, 2.75) is 33.1 Å². The Morgan fingerprint density at radius 2 is 1.62 bits per heavy atom. The van der Waals surface area contributed by atoms with Crippen molar-refractivity contribution >= 4 is 27.3 Å². The van der Waals surface area contributed by atoms with Gasteiger partial charge in [0.15, 0.2) is 0 Å². The molecule has 0 unspecified atom stereocenters. The van der Waals surface area contributed by atoms with Crippen molar-refractivity contribution in [2.75, 3.05) is 38.4 Å². The maximum Gasteiger partial charge on any atom is 0.144 e. The Balaban J connectivity index is 0.000000340. The monoisotopic (exact) mass is 534 g/mol. The summed E-state index contributed by atoms with van der Waals surface area (Å²) < 4.78 is 37.8. The standard InChI is InChI=1S/C17H19BrF2N2O2.C10H14/c1-23-4-3-22-17-14(24-2)8-11(15(18)16(17)21)5-10-6-12(19)9-13(20)7-10;1-8(2)10-6-4-9(3)5-7-10/h6-9,22H,3-5,21H2,1-2H3;4-8H,1-3H3. The van der Waals surface area contributed by atoms with Crippen LogP contribution in [0.15, 0.2) is 53.0 Å². The number of anilines is 2. The lowest BCUT2D eigenvalue weighted by Crippen LogP contribution is -2.11. The predicted molar refractivity (Wildman–Crippen MR) is 140 cm³/mol. The van der Waals surface area contributed by atoms with Gasteiger partial charge in [0.1, 0.15) is 23.1 Å². The minimum absolute atomic E-state index is 0.314. The van der Waals surface area contributed by atoms with Crippen LogP contribution in [-0.2, 0) is 11.2 Å². The highest BCUT2D eigenvalue weighted by atomic mass is 79.9. The second-order valence-corrected chi connectivity index (χ2v) is 9.07. The smallest absolute Gasteiger partial charge is 0.144 e. The van der Waals surface area contributed by atoms with Crippen molar-refractivity contribution in [1.82, 2.24) is 0 Å². The van der Waals surface area contributed by atoms with Gasteiger partial charge in [0, 0.05) is 24.2 Å². The van der Waals surface area contributed by atoms with Crippen molar-refractivity contribution in [2.24, 2.45) is 0 Å². The van der Waals surface area contributed by atoms with E-state index in [4.69, 9.17) is 15.2 Å². The van der Waals surface area contributed by atoms with Gasteiger partial charge in [-0.3, -0.25) is 0 Å². The highest BCUT2D eigenvalue weighted by Gasteiger charge is 2.16. The molecule has 0 aliphatic heterocycles. The van der Waals surface area contributed by atoms with Crippen LogP contribution in [0.1, 0.15) is 42.0 Å². The number of nitrogens with one attached hydrogen (secondary N) is 1. The van der Waals surface area contributed by atoms with Crippen LogP contribution >= 0.6 is 15.9 Å². The summed E-state index contributed by atoms with van der Waals surface area (Å²) >= 11 is 3.46. The first-order valence-corrected chi connectivity index (χ1v) is 11.8. The first-order valence-electron chi connectivity index (χ1n) is 11.0. The fraction of sp³-hybridized carbons (Fsp3) is 0.333. The molecule has 0 heterocycles. The van der Waals surface area contributed by atoms with Gasteiger partial charge in [-0.25, -0.2) is 8.78 Å². The van der Waals surface area contributed by atoms with Crippen LogP contribution in [-0.4, -0.2) is 27.4 Å². The van der Waals surface area contributed by atoms with E-state index >= 15 is 0 Å². The second-order valence-electron chi connectivity index (χ2n) is 8.28. The number of nitrogens with two attached hydrogens (primary N) is 1. The van der Waals surface area contributed by atoms with Gasteiger partial charge in [0.05, 0.1) is 19.4 Å². The van der Waals surface area contributed by atoms with Crippen LogP contribution in [0.5, 0.6) is 5.75 Å². The van der Waals surface area contributed by atoms with Crippen LogP contribution < -0.4 is 15.8 Å². The Hall–Kier alpha value is -2.64. The third kappa shape index (κ3) is 7.99. The molecule has 3 rings (SSSR count). The Morgan fingerprint density at radius 3 is 2.15 bits per heavy atom. The molecule has 4 nitrogen and oxygen atoms in total. The number of halogens is 3. The summed E-state index contributed by atoms with van der Waals surface area (Å²) in [7, 11) is 3.15. The average Bonchev–Trinajstić information content (AvgIpc) is 2.78. The van der Waals surface area contributed by atoms with Crippen molar-refractivity contribution in [3.63, 3.8) is 0 Å². The molecule has 3 aromatic carbocycles. The van der Waals surface area contributed by atoms with Crippen molar-refractivity contribution in [1.29, 1.82) is 0 Å². The molecule has 34 heavy (non-hydrogen) atoms. The second kappa shape index (κ2) is 13.3. The highest BCUT2D eigenvalue weighted by molar-refractivity contribution is 9.10. The van der Waals surface area contributed by atoms with Gasteiger partial charge in [0.2, 0.25) is 0 Å². The lowest BCUT2D eigenvalue weighted by Gasteiger charge is -2.18. The topological polar surface area (TPSA) is 56.5 Å². The lowest BCUT2D eigenvalue weighted by atomic mass is 10.0. The van der Waals surface area contributed by atoms with E-state index in [0.29, 0.717) is 52.7 Å². The molecule has 0 aliphatic carbocycles. The van der Waals surface area contributed by atoms with E-state index in [1.807, 2.05) is 0 Å². The normalized spacial score (nSPS) is 10.6. The third-order valence-corrected chi connectivity index (χ3v) is 6.16. The van der Waals surface area contributed by atoms with E-state index < -0.39 is 11.6 Å². The third-order valence-electron chi connectivity index (χ3n) is 5.23. The van der Waals surface area contributed by atoms with E-state index in [0.717, 1.165) is 11.6 Å². The summed E-state index contributed by atoms with van der Waals surface area (Å²) in [4.78, 5) is 0. The first kappa shape index (κ1) is 27.6. The van der Waals surface area contributed by atoms with E-state index in [-0.39, 0.29) is 0 Å². The SMILES string of the molecule is COCCNc1c(OC)cc(Cc2cc(F)cc(F)c2)c(Br)c1N.Cc1ccc(C(C)C)cc1. The quantitative estimate of drug-likeness (QED) is 0.239. The zero-order valence-corrected chi connectivity index (χ0v) is 21.9. The largest absolute Gasteiger partial charge is 0.494 e. The van der Waals surface area contributed by atoms with Gasteiger partial charge in [-0.15, -0.1) is 0 Å². The summed E-state index contributed by atoms with van der Waals surface area (Å²) in [6.07, 6.45) is 0.314. The summed E-state index contributed by atoms with van der Waals surface area (Å²) in [6.45, 7) is 7.63. The molecule has 0 amide bonds. The van der Waals surface area contributed by atoms with Gasteiger partial charge in [-0.05, 0) is 70.1 Å². The maximum atomic E-state index is 13.4. The molecular weight excluding hydrogens is 502 g/mol. The van der Waals surface area contributed by atoms with E-state index in [1.165, 1.54) is 30.4 Å². The lowest BCUT2D eigenvalue weighted by molar-refractivity contribution is 0.210. The van der Waals surface area contributed by atoms with E-state index in [1.54, 1.807) is 13.2 Å². The van der Waals surface area contributed by atoms with Gasteiger partial charge >= 0.3 is 0 Å². The molecule has 3 aromatic rings. The number of aryl methyl sites for hydroxylation is 1. The Bertz CT molecular complexity index is 1050. The molecule has 0 fully saturated rings. The molecule has 7 heteroatoms. The number of hydrogen-bond acceptors (Lipinski definition) is 4. The number of hydrogen-bond donors (Lipinski definition) is 2. The summed E-state index contributed by atoms with van der Waals surface area (Å²) in [5, 5.41) is 3.16. The van der Waals surface area contributed by atoms with Crippen LogP contribution in [0.25, 0.3) is 0 Å². The number of benzene rings is 3. The van der Waals surface area contributed by atoms with Crippen LogP contribution in [0, 0.1) is 18.6 Å². The number of rotatable bonds is 8. The van der Waals surface area contributed by atoms with E-state index in [9.17, 15) is 8.78 Å². The molecule has 0 aromatic heterocycles. The molecular formula is C27H33BrF2N2O2. The maximum absolute atomic E-state index is 13.4. The molecule has 0 aliphatic rings. The van der Waals surface area contributed by atoms with Crippen LogP contribution in [0.4, 0.5) is 20.2 Å².